The molecule has 0 radical (unpaired) electrons. The summed E-state index contributed by atoms with van der Waals surface area (Å²) in [6.45, 7) is 0.724. The Kier molecular flexibility index (Phi) is 3.36. The van der Waals surface area contributed by atoms with Crippen LogP contribution in [0.3, 0.4) is 0 Å². The first-order valence-corrected chi connectivity index (χ1v) is 6.90. The molecule has 3 heterocycles. The van der Waals surface area contributed by atoms with E-state index in [1.165, 1.54) is 12.3 Å². The maximum absolute atomic E-state index is 12.7. The first-order chi connectivity index (χ1) is 9.66. The van der Waals surface area contributed by atoms with Crippen molar-refractivity contribution in [1.82, 2.24) is 14.9 Å². The van der Waals surface area contributed by atoms with Crippen LogP contribution < -0.4 is 5.73 Å². The highest BCUT2D eigenvalue weighted by Gasteiger charge is 2.32. The minimum atomic E-state index is -0.0936. The number of H-pyrrole nitrogens is 1. The highest BCUT2D eigenvalue weighted by Crippen LogP contribution is 2.33. The number of nitrogens with two attached hydrogens (primary N) is 1. The van der Waals surface area contributed by atoms with Crippen LogP contribution in [0.25, 0.3) is 0 Å². The number of hydrogen-bond donors (Lipinski definition) is 2. The topological polar surface area (TPSA) is 75.0 Å². The summed E-state index contributed by atoms with van der Waals surface area (Å²) in [7, 11) is 0. The van der Waals surface area contributed by atoms with Gasteiger partial charge in [-0.05, 0) is 31.0 Å². The fourth-order valence-electron chi connectivity index (χ4n) is 2.67. The molecule has 0 spiro atoms. The van der Waals surface area contributed by atoms with Crippen LogP contribution >= 0.6 is 11.6 Å². The molecule has 6 heteroatoms. The van der Waals surface area contributed by atoms with Gasteiger partial charge in [-0.2, -0.15) is 0 Å². The van der Waals surface area contributed by atoms with E-state index in [0.717, 1.165) is 25.1 Å². The summed E-state index contributed by atoms with van der Waals surface area (Å²) in [5.74, 6) is -0.0936. The van der Waals surface area contributed by atoms with Crippen molar-refractivity contribution in [3.63, 3.8) is 0 Å². The van der Waals surface area contributed by atoms with Crippen molar-refractivity contribution < 1.29 is 4.79 Å². The Morgan fingerprint density at radius 3 is 3.15 bits per heavy atom. The van der Waals surface area contributed by atoms with Gasteiger partial charge in [0.15, 0.2) is 0 Å². The van der Waals surface area contributed by atoms with Crippen molar-refractivity contribution in [3.05, 3.63) is 47.0 Å². The number of halogens is 1. The average Bonchev–Trinajstić information content (AvgIpc) is 3.10. The molecule has 5 nitrogen and oxygen atoms in total. The number of carbonyl (C=O) groups excluding carboxylic acids is 1. The lowest BCUT2D eigenvalue weighted by atomic mass is 10.1. The maximum atomic E-state index is 12.7. The molecule has 104 valence electrons. The van der Waals surface area contributed by atoms with Gasteiger partial charge >= 0.3 is 0 Å². The number of nitrogens with one attached hydrogen (secondary N) is 1. The van der Waals surface area contributed by atoms with E-state index < -0.39 is 0 Å². The van der Waals surface area contributed by atoms with E-state index in [2.05, 4.69) is 9.97 Å². The van der Waals surface area contributed by atoms with E-state index in [4.69, 9.17) is 17.3 Å². The third-order valence-corrected chi connectivity index (χ3v) is 3.83. The fourth-order valence-corrected chi connectivity index (χ4v) is 2.82. The van der Waals surface area contributed by atoms with E-state index in [-0.39, 0.29) is 17.1 Å². The zero-order valence-electron chi connectivity index (χ0n) is 10.8. The molecule has 0 aliphatic carbocycles. The van der Waals surface area contributed by atoms with Gasteiger partial charge < -0.3 is 15.6 Å². The van der Waals surface area contributed by atoms with Crippen LogP contribution in [0.1, 0.15) is 34.9 Å². The smallest absolute Gasteiger partial charge is 0.256 e. The number of pyridine rings is 1. The molecule has 1 saturated heterocycles. The summed E-state index contributed by atoms with van der Waals surface area (Å²) < 4.78 is 0. The van der Waals surface area contributed by atoms with Gasteiger partial charge in [-0.1, -0.05) is 11.6 Å². The van der Waals surface area contributed by atoms with Crippen molar-refractivity contribution >= 4 is 23.2 Å². The maximum Gasteiger partial charge on any atom is 0.256 e. The van der Waals surface area contributed by atoms with Crippen molar-refractivity contribution in [2.24, 2.45) is 0 Å². The van der Waals surface area contributed by atoms with Crippen molar-refractivity contribution in [2.75, 3.05) is 12.3 Å². The molecule has 0 aromatic carbocycles. The zero-order valence-corrected chi connectivity index (χ0v) is 11.6. The number of amides is 1. The molecule has 2 aromatic rings. The summed E-state index contributed by atoms with van der Waals surface area (Å²) in [4.78, 5) is 21.6. The molecule has 1 fully saturated rings. The molecular weight excluding hydrogens is 276 g/mol. The Morgan fingerprint density at radius 2 is 2.40 bits per heavy atom. The van der Waals surface area contributed by atoms with E-state index in [1.54, 1.807) is 0 Å². The second-order valence-corrected chi connectivity index (χ2v) is 5.26. The number of anilines is 1. The minimum Gasteiger partial charge on any atom is -0.397 e. The summed E-state index contributed by atoms with van der Waals surface area (Å²) in [5, 5.41) is 0.276. The standard InChI is InChI=1S/C14H15ClN4O/c15-13-7-9(10(16)8-18-13)14(20)19-6-2-4-12(19)11-3-1-5-17-11/h1,3,5,7-8,12,17H,2,4,6,16H2. The number of nitrogens with zero attached hydrogens (tertiary/aromatic N) is 2. The number of nitrogen functional groups attached to an aromatic ring is 1. The van der Waals surface area contributed by atoms with Crippen LogP contribution in [0, 0.1) is 0 Å². The van der Waals surface area contributed by atoms with Gasteiger partial charge in [0.05, 0.1) is 23.5 Å². The third kappa shape index (κ3) is 2.25. The van der Waals surface area contributed by atoms with Crippen LogP contribution in [0.5, 0.6) is 0 Å². The predicted molar refractivity (Wildman–Crippen MR) is 77.5 cm³/mol. The van der Waals surface area contributed by atoms with E-state index in [1.807, 2.05) is 23.2 Å². The van der Waals surface area contributed by atoms with Crippen molar-refractivity contribution in [1.29, 1.82) is 0 Å². The van der Waals surface area contributed by atoms with Gasteiger partial charge in [-0.15, -0.1) is 0 Å². The van der Waals surface area contributed by atoms with Gasteiger partial charge in [0, 0.05) is 18.4 Å². The summed E-state index contributed by atoms with van der Waals surface area (Å²) in [6, 6.07) is 5.54. The molecule has 1 atom stereocenters. The molecule has 1 aliphatic rings. The molecule has 2 aromatic heterocycles. The van der Waals surface area contributed by atoms with Gasteiger partial charge in [-0.3, -0.25) is 4.79 Å². The van der Waals surface area contributed by atoms with Gasteiger partial charge in [-0.25, -0.2) is 4.98 Å². The lowest BCUT2D eigenvalue weighted by Crippen LogP contribution is -2.31. The highest BCUT2D eigenvalue weighted by molar-refractivity contribution is 6.29. The molecule has 0 bridgehead atoms. The number of carbonyl (C=O) groups is 1. The van der Waals surface area contributed by atoms with Gasteiger partial charge in [0.1, 0.15) is 5.15 Å². The Balaban J connectivity index is 1.91. The second kappa shape index (κ2) is 5.17. The van der Waals surface area contributed by atoms with Gasteiger partial charge in [0.25, 0.3) is 5.91 Å². The Morgan fingerprint density at radius 1 is 1.55 bits per heavy atom. The van der Waals surface area contributed by atoms with Crippen molar-refractivity contribution in [3.8, 4) is 0 Å². The van der Waals surface area contributed by atoms with Crippen LogP contribution in [-0.2, 0) is 0 Å². The number of aromatic nitrogens is 2. The summed E-state index contributed by atoms with van der Waals surface area (Å²) >= 11 is 5.86. The molecule has 1 unspecified atom stereocenters. The van der Waals surface area contributed by atoms with E-state index in [0.29, 0.717) is 11.3 Å². The Bertz CT molecular complexity index is 626. The van der Waals surface area contributed by atoms with Crippen LogP contribution in [0.15, 0.2) is 30.6 Å². The minimum absolute atomic E-state index is 0.0730. The van der Waals surface area contributed by atoms with Gasteiger partial charge in [0.2, 0.25) is 0 Å². The van der Waals surface area contributed by atoms with E-state index >= 15 is 0 Å². The SMILES string of the molecule is Nc1cnc(Cl)cc1C(=O)N1CCCC1c1ccc[nH]1. The predicted octanol–water partition coefficient (Wildman–Crippen LogP) is 2.62. The average molecular weight is 291 g/mol. The molecule has 3 N–H and O–H groups in total. The fraction of sp³-hybridized carbons (Fsp3) is 0.286. The summed E-state index contributed by atoms with van der Waals surface area (Å²) in [5.41, 5.74) is 7.67. The summed E-state index contributed by atoms with van der Waals surface area (Å²) in [6.07, 6.45) is 5.22. The number of likely N-dealkylation sites (tertiary alicyclic amines) is 1. The van der Waals surface area contributed by atoms with Crippen LogP contribution in [0.2, 0.25) is 5.15 Å². The number of rotatable bonds is 2. The molecule has 1 aliphatic heterocycles. The van der Waals surface area contributed by atoms with E-state index in [9.17, 15) is 4.79 Å². The molecule has 0 saturated carbocycles. The Hall–Kier alpha value is -2.01. The largest absolute Gasteiger partial charge is 0.397 e. The third-order valence-electron chi connectivity index (χ3n) is 3.63. The normalized spacial score (nSPS) is 18.4. The molecule has 20 heavy (non-hydrogen) atoms. The molecule has 1 amide bonds. The number of hydrogen-bond acceptors (Lipinski definition) is 3. The Labute approximate surface area is 121 Å². The molecule has 3 rings (SSSR count). The second-order valence-electron chi connectivity index (χ2n) is 4.88. The van der Waals surface area contributed by atoms with Crippen LogP contribution in [-0.4, -0.2) is 27.3 Å². The quantitative estimate of drug-likeness (QED) is 0.835. The zero-order chi connectivity index (χ0) is 14.1. The van der Waals surface area contributed by atoms with Crippen LogP contribution in [0.4, 0.5) is 5.69 Å². The lowest BCUT2D eigenvalue weighted by Gasteiger charge is -2.24. The highest BCUT2D eigenvalue weighted by atomic mass is 35.5. The first-order valence-electron chi connectivity index (χ1n) is 6.52. The monoisotopic (exact) mass is 290 g/mol. The number of aromatic amines is 1. The van der Waals surface area contributed by atoms with Crippen molar-refractivity contribution in [2.45, 2.75) is 18.9 Å². The lowest BCUT2D eigenvalue weighted by molar-refractivity contribution is 0.0734. The molecular formula is C14H15ClN4O. The first kappa shape index (κ1) is 13.0.